The molecule has 0 unspecified atom stereocenters. The fourth-order valence-electron chi connectivity index (χ4n) is 1.26. The smallest absolute Gasteiger partial charge is 0.358 e. The molecule has 0 saturated carbocycles. The van der Waals surface area contributed by atoms with Gasteiger partial charge in [-0.1, -0.05) is 0 Å². The number of aliphatic carboxylic acids is 2. The number of hydrogen-bond donors (Lipinski definition) is 2. The Hall–Kier alpha value is -2.71. The van der Waals surface area contributed by atoms with Crippen molar-refractivity contribution in [3.8, 4) is 0 Å². The fraction of sp³-hybridized carbons (Fsp3) is 0.300. The summed E-state index contributed by atoms with van der Waals surface area (Å²) in [6, 6.07) is 0. The van der Waals surface area contributed by atoms with E-state index in [1.54, 1.807) is 0 Å². The quantitative estimate of drug-likeness (QED) is 0.639. The summed E-state index contributed by atoms with van der Waals surface area (Å²) in [7, 11) is 1.16. The van der Waals surface area contributed by atoms with E-state index in [-0.39, 0.29) is 11.5 Å². The van der Waals surface area contributed by atoms with Crippen molar-refractivity contribution in [2.75, 3.05) is 25.1 Å². The van der Waals surface area contributed by atoms with Crippen molar-refractivity contribution in [3.63, 3.8) is 0 Å². The second-order valence-corrected chi connectivity index (χ2v) is 3.40. The molecule has 9 nitrogen and oxygen atoms in total. The van der Waals surface area contributed by atoms with E-state index in [0.717, 1.165) is 24.4 Å². The molecule has 1 rings (SSSR count). The highest BCUT2D eigenvalue weighted by Crippen LogP contribution is 2.10. The topological polar surface area (TPSA) is 130 Å². The molecule has 102 valence electrons. The van der Waals surface area contributed by atoms with E-state index < -0.39 is 31.0 Å². The Morgan fingerprint density at radius 2 is 1.79 bits per heavy atom. The first-order valence-electron chi connectivity index (χ1n) is 5.03. The summed E-state index contributed by atoms with van der Waals surface area (Å²) in [6.45, 7) is -1.16. The Labute approximate surface area is 107 Å². The summed E-state index contributed by atoms with van der Waals surface area (Å²) < 4.78 is 4.44. The molecule has 0 spiro atoms. The molecule has 9 heteroatoms. The number of anilines is 1. The predicted molar refractivity (Wildman–Crippen MR) is 60.9 cm³/mol. The van der Waals surface area contributed by atoms with E-state index >= 15 is 0 Å². The zero-order chi connectivity index (χ0) is 14.4. The first-order valence-corrected chi connectivity index (χ1v) is 5.03. The molecule has 0 fully saturated rings. The third kappa shape index (κ3) is 4.22. The van der Waals surface area contributed by atoms with Crippen LogP contribution in [0.25, 0.3) is 0 Å². The molecule has 0 aliphatic rings. The number of nitrogens with zero attached hydrogens (tertiary/aromatic N) is 3. The van der Waals surface area contributed by atoms with E-state index in [2.05, 4.69) is 14.7 Å². The Bertz CT molecular complexity index is 488. The van der Waals surface area contributed by atoms with Crippen LogP contribution in [0, 0.1) is 0 Å². The molecule has 19 heavy (non-hydrogen) atoms. The van der Waals surface area contributed by atoms with Gasteiger partial charge in [-0.3, -0.25) is 14.6 Å². The third-order valence-corrected chi connectivity index (χ3v) is 1.99. The van der Waals surface area contributed by atoms with Gasteiger partial charge in [-0.2, -0.15) is 0 Å². The summed E-state index contributed by atoms with van der Waals surface area (Å²) in [5.74, 6) is -3.24. The number of rotatable bonds is 6. The van der Waals surface area contributed by atoms with Crippen LogP contribution in [0.1, 0.15) is 10.5 Å². The van der Waals surface area contributed by atoms with Crippen LogP contribution >= 0.6 is 0 Å². The van der Waals surface area contributed by atoms with Crippen molar-refractivity contribution < 1.29 is 29.3 Å². The number of ether oxygens (including phenoxy) is 1. The minimum Gasteiger partial charge on any atom is -0.480 e. The second-order valence-electron chi connectivity index (χ2n) is 3.40. The van der Waals surface area contributed by atoms with Crippen molar-refractivity contribution >= 4 is 23.7 Å². The lowest BCUT2D eigenvalue weighted by Crippen LogP contribution is -2.35. The maximum atomic E-state index is 11.3. The molecule has 0 aliphatic carbocycles. The van der Waals surface area contributed by atoms with Gasteiger partial charge in [0, 0.05) is 0 Å². The van der Waals surface area contributed by atoms with Crippen molar-refractivity contribution in [1.82, 2.24) is 9.97 Å². The Kier molecular flexibility index (Phi) is 4.75. The van der Waals surface area contributed by atoms with Gasteiger partial charge >= 0.3 is 17.9 Å². The maximum absolute atomic E-state index is 11.3. The average molecular weight is 269 g/mol. The van der Waals surface area contributed by atoms with Gasteiger partial charge in [-0.05, 0) is 0 Å². The standard InChI is InChI=1S/C10H11N3O6/c1-19-10(18)6-2-11-3-7(12-6)13(4-8(14)15)5-9(16)17/h2-3H,4-5H2,1H3,(H,14,15)(H,16,17). The highest BCUT2D eigenvalue weighted by atomic mass is 16.5. The molecule has 0 atom stereocenters. The predicted octanol–water partition coefficient (Wildman–Crippen LogP) is -0.761. The van der Waals surface area contributed by atoms with Gasteiger partial charge < -0.3 is 19.8 Å². The summed E-state index contributed by atoms with van der Waals surface area (Å²) in [5, 5.41) is 17.4. The number of esters is 1. The van der Waals surface area contributed by atoms with Crippen LogP contribution in [-0.4, -0.2) is 58.3 Å². The minimum atomic E-state index is -1.23. The second kappa shape index (κ2) is 6.28. The van der Waals surface area contributed by atoms with Crippen LogP contribution in [0.15, 0.2) is 12.4 Å². The molecule has 0 aromatic carbocycles. The van der Waals surface area contributed by atoms with Gasteiger partial charge in [0.15, 0.2) is 5.69 Å². The Morgan fingerprint density at radius 3 is 2.26 bits per heavy atom. The van der Waals surface area contributed by atoms with E-state index in [1.165, 1.54) is 0 Å². The monoisotopic (exact) mass is 269 g/mol. The van der Waals surface area contributed by atoms with Gasteiger partial charge in [-0.15, -0.1) is 0 Å². The molecule has 0 bridgehead atoms. The molecule has 2 N–H and O–H groups in total. The maximum Gasteiger partial charge on any atom is 0.358 e. The Morgan fingerprint density at radius 1 is 1.21 bits per heavy atom. The number of hydrogen-bond acceptors (Lipinski definition) is 7. The zero-order valence-electron chi connectivity index (χ0n) is 9.94. The third-order valence-electron chi connectivity index (χ3n) is 1.99. The lowest BCUT2D eigenvalue weighted by atomic mass is 10.4. The van der Waals surface area contributed by atoms with Gasteiger partial charge in [-0.25, -0.2) is 9.78 Å². The average Bonchev–Trinajstić information content (AvgIpc) is 2.36. The lowest BCUT2D eigenvalue weighted by molar-refractivity contribution is -0.136. The molecule has 1 aromatic rings. The SMILES string of the molecule is COC(=O)c1cncc(N(CC(=O)O)CC(=O)O)n1. The van der Waals surface area contributed by atoms with Gasteiger partial charge in [0.2, 0.25) is 0 Å². The van der Waals surface area contributed by atoms with E-state index in [1.807, 2.05) is 0 Å². The number of carboxylic acids is 2. The summed E-state index contributed by atoms with van der Waals surface area (Å²) in [5.41, 5.74) is -0.138. The Balaban J connectivity index is 3.04. The number of carbonyl (C=O) groups excluding carboxylic acids is 1. The summed E-state index contributed by atoms with van der Waals surface area (Å²) in [6.07, 6.45) is 2.30. The molecular formula is C10H11N3O6. The van der Waals surface area contributed by atoms with Gasteiger partial charge in [0.1, 0.15) is 18.9 Å². The van der Waals surface area contributed by atoms with Crippen LogP contribution in [0.4, 0.5) is 5.82 Å². The van der Waals surface area contributed by atoms with Crippen LogP contribution in [0.5, 0.6) is 0 Å². The van der Waals surface area contributed by atoms with Crippen molar-refractivity contribution in [3.05, 3.63) is 18.1 Å². The number of carbonyl (C=O) groups is 3. The summed E-state index contributed by atoms with van der Waals surface area (Å²) >= 11 is 0. The molecule has 0 radical (unpaired) electrons. The van der Waals surface area contributed by atoms with Gasteiger partial charge in [0.05, 0.1) is 19.5 Å². The normalized spacial score (nSPS) is 9.74. The highest BCUT2D eigenvalue weighted by molar-refractivity contribution is 5.87. The number of aromatic nitrogens is 2. The molecule has 1 aromatic heterocycles. The number of methoxy groups -OCH3 is 1. The van der Waals surface area contributed by atoms with E-state index in [4.69, 9.17) is 10.2 Å². The fourth-order valence-corrected chi connectivity index (χ4v) is 1.26. The molecule has 1 heterocycles. The zero-order valence-corrected chi connectivity index (χ0v) is 9.94. The molecule has 0 saturated heterocycles. The van der Waals surface area contributed by atoms with Crippen molar-refractivity contribution in [2.24, 2.45) is 0 Å². The largest absolute Gasteiger partial charge is 0.480 e. The first kappa shape index (κ1) is 14.4. The van der Waals surface area contributed by atoms with E-state index in [9.17, 15) is 14.4 Å². The number of carboxylic acid groups (broad SMARTS) is 2. The van der Waals surface area contributed by atoms with Gasteiger partial charge in [0.25, 0.3) is 0 Å². The molecule has 0 aliphatic heterocycles. The van der Waals surface area contributed by atoms with Crippen LogP contribution in [0.3, 0.4) is 0 Å². The van der Waals surface area contributed by atoms with Crippen LogP contribution in [0.2, 0.25) is 0 Å². The lowest BCUT2D eigenvalue weighted by Gasteiger charge is -2.19. The van der Waals surface area contributed by atoms with Crippen LogP contribution < -0.4 is 4.90 Å². The first-order chi connectivity index (χ1) is 8.93. The summed E-state index contributed by atoms with van der Waals surface area (Å²) in [4.78, 5) is 41.1. The minimum absolute atomic E-state index is 0.0345. The van der Waals surface area contributed by atoms with E-state index in [0.29, 0.717) is 0 Å². The molecule has 0 amide bonds. The van der Waals surface area contributed by atoms with Crippen molar-refractivity contribution in [1.29, 1.82) is 0 Å². The highest BCUT2D eigenvalue weighted by Gasteiger charge is 2.18. The van der Waals surface area contributed by atoms with Crippen molar-refractivity contribution in [2.45, 2.75) is 0 Å². The van der Waals surface area contributed by atoms with Crippen LogP contribution in [-0.2, 0) is 14.3 Å². The molecular weight excluding hydrogens is 258 g/mol.